The molecule has 1 N–H and O–H groups in total. The zero-order chi connectivity index (χ0) is 9.26. The van der Waals surface area contributed by atoms with Crippen LogP contribution in [-0.2, 0) is 0 Å². The molecule has 0 aromatic carbocycles. The van der Waals surface area contributed by atoms with Gasteiger partial charge in [-0.05, 0) is 26.2 Å². The topological polar surface area (TPSA) is 29.9 Å². The molecule has 1 saturated carbocycles. The van der Waals surface area contributed by atoms with E-state index in [9.17, 15) is 0 Å². The largest absolute Gasteiger partial charge is 0.380 e. The van der Waals surface area contributed by atoms with E-state index in [1.165, 1.54) is 12.8 Å². The molecule has 3 heteroatoms. The van der Waals surface area contributed by atoms with Gasteiger partial charge in [-0.3, -0.25) is 4.68 Å². The second-order valence-corrected chi connectivity index (χ2v) is 3.89. The molecule has 0 amide bonds. The lowest BCUT2D eigenvalue weighted by molar-refractivity contribution is 0.641. The zero-order valence-corrected chi connectivity index (χ0v) is 8.33. The Kier molecular flexibility index (Phi) is 2.25. The lowest BCUT2D eigenvalue weighted by Crippen LogP contribution is -2.12. The van der Waals surface area contributed by atoms with Gasteiger partial charge in [0, 0.05) is 13.7 Å². The number of hydrogen-bond donors (Lipinski definition) is 1. The number of aromatic nitrogens is 2. The molecule has 1 aliphatic rings. The molecular weight excluding hydrogens is 162 g/mol. The van der Waals surface area contributed by atoms with Crippen LogP contribution in [-0.4, -0.2) is 15.8 Å². The van der Waals surface area contributed by atoms with Gasteiger partial charge < -0.3 is 5.32 Å². The van der Waals surface area contributed by atoms with Crippen LogP contribution in [0.5, 0.6) is 0 Å². The van der Waals surface area contributed by atoms with Crippen molar-refractivity contribution in [2.75, 3.05) is 5.32 Å². The van der Waals surface area contributed by atoms with Gasteiger partial charge in [-0.25, -0.2) is 0 Å². The van der Waals surface area contributed by atoms with Gasteiger partial charge in [0.2, 0.25) is 0 Å². The molecule has 0 bridgehead atoms. The van der Waals surface area contributed by atoms with Crippen LogP contribution in [0.3, 0.4) is 0 Å². The summed E-state index contributed by atoms with van der Waals surface area (Å²) in [6.07, 6.45) is 7.78. The molecule has 1 aliphatic carbocycles. The Morgan fingerprint density at radius 1 is 1.77 bits per heavy atom. The molecular formula is C10H19N3. The fourth-order valence-electron chi connectivity index (χ4n) is 1.34. The highest BCUT2D eigenvalue weighted by Crippen LogP contribution is 2.34. The van der Waals surface area contributed by atoms with Gasteiger partial charge in [-0.15, -0.1) is 0 Å². The molecule has 1 fully saturated rings. The van der Waals surface area contributed by atoms with Crippen molar-refractivity contribution < 1.29 is 1.43 Å². The third kappa shape index (κ3) is 2.02. The Labute approximate surface area is 80.6 Å². The van der Waals surface area contributed by atoms with E-state index in [-0.39, 0.29) is 1.43 Å². The summed E-state index contributed by atoms with van der Waals surface area (Å²) >= 11 is 0. The van der Waals surface area contributed by atoms with Gasteiger partial charge in [0.05, 0.1) is 17.9 Å². The van der Waals surface area contributed by atoms with E-state index in [0.717, 1.165) is 12.1 Å². The van der Waals surface area contributed by atoms with Gasteiger partial charge in [-0.1, -0.05) is 6.92 Å². The van der Waals surface area contributed by atoms with Crippen LogP contribution >= 0.6 is 0 Å². The first kappa shape index (κ1) is 8.60. The van der Waals surface area contributed by atoms with Crippen LogP contribution in [0.15, 0.2) is 12.4 Å². The number of nitrogens with zero attached hydrogens (tertiary/aromatic N) is 2. The maximum Gasteiger partial charge on any atom is 0.0728 e. The highest BCUT2D eigenvalue weighted by molar-refractivity contribution is 5.39. The van der Waals surface area contributed by atoms with Crippen LogP contribution in [0.2, 0.25) is 0 Å². The molecule has 0 aliphatic heterocycles. The van der Waals surface area contributed by atoms with Crippen molar-refractivity contribution in [3.05, 3.63) is 12.4 Å². The summed E-state index contributed by atoms with van der Waals surface area (Å²) in [6, 6.07) is 1.23. The summed E-state index contributed by atoms with van der Waals surface area (Å²) in [5.74, 6) is 0. The molecule has 0 spiro atoms. The number of hydrogen-bond acceptors (Lipinski definition) is 2. The average molecular weight is 181 g/mol. The molecule has 3 nitrogen and oxygen atoms in total. The fraction of sp³-hybridized carbons (Fsp3) is 0.700. The van der Waals surface area contributed by atoms with E-state index in [1.54, 1.807) is 0 Å². The minimum absolute atomic E-state index is 0. The summed E-state index contributed by atoms with van der Waals surface area (Å²) in [7, 11) is 0. The van der Waals surface area contributed by atoms with E-state index < -0.39 is 0 Å². The number of anilines is 1. The average Bonchev–Trinajstić information content (AvgIpc) is 2.88. The van der Waals surface area contributed by atoms with Crippen molar-refractivity contribution in [2.24, 2.45) is 0 Å². The molecule has 2 rings (SSSR count). The summed E-state index contributed by atoms with van der Waals surface area (Å²) in [6.45, 7) is 4.37. The Bertz CT molecular complexity index is 281. The lowest BCUT2D eigenvalue weighted by atomic mass is 10.2. The number of nitrogens with one attached hydrogen (secondary N) is 1. The van der Waals surface area contributed by atoms with E-state index in [2.05, 4.69) is 35.1 Å². The number of rotatable bonds is 4. The molecule has 0 radical (unpaired) electrons. The Morgan fingerprint density at radius 3 is 3.15 bits per heavy atom. The highest BCUT2D eigenvalue weighted by atomic mass is 15.3. The molecule has 1 heterocycles. The summed E-state index contributed by atoms with van der Waals surface area (Å²) in [5, 5.41) is 7.73. The fourth-order valence-corrected chi connectivity index (χ4v) is 1.34. The normalized spacial score (nSPS) is 18.6. The minimum atomic E-state index is 0. The van der Waals surface area contributed by atoms with Gasteiger partial charge >= 0.3 is 0 Å². The van der Waals surface area contributed by atoms with E-state index in [1.807, 2.05) is 6.20 Å². The Morgan fingerprint density at radius 2 is 2.54 bits per heavy atom. The second-order valence-electron chi connectivity index (χ2n) is 3.89. The zero-order valence-electron chi connectivity index (χ0n) is 8.33. The molecule has 1 aromatic rings. The van der Waals surface area contributed by atoms with Gasteiger partial charge in [0.25, 0.3) is 0 Å². The van der Waals surface area contributed by atoms with E-state index in [4.69, 9.17) is 0 Å². The van der Waals surface area contributed by atoms with Crippen molar-refractivity contribution in [1.82, 2.24) is 9.78 Å². The quantitative estimate of drug-likeness (QED) is 0.774. The molecule has 0 saturated heterocycles. The monoisotopic (exact) mass is 181 g/mol. The lowest BCUT2D eigenvalue weighted by Gasteiger charge is -2.09. The summed E-state index contributed by atoms with van der Waals surface area (Å²) < 4.78 is 2.07. The Balaban J connectivity index is 0.000000980. The van der Waals surface area contributed by atoms with E-state index in [0.29, 0.717) is 12.1 Å². The molecule has 13 heavy (non-hydrogen) atoms. The van der Waals surface area contributed by atoms with Gasteiger partial charge in [-0.2, -0.15) is 5.10 Å². The maximum atomic E-state index is 4.32. The van der Waals surface area contributed by atoms with Gasteiger partial charge in [0.15, 0.2) is 0 Å². The van der Waals surface area contributed by atoms with Crippen molar-refractivity contribution in [3.8, 4) is 0 Å². The van der Waals surface area contributed by atoms with Crippen LogP contribution < -0.4 is 5.32 Å². The van der Waals surface area contributed by atoms with E-state index >= 15 is 0 Å². The van der Waals surface area contributed by atoms with Gasteiger partial charge in [0.1, 0.15) is 0 Å². The maximum absolute atomic E-state index is 4.32. The van der Waals surface area contributed by atoms with Crippen LogP contribution in [0.4, 0.5) is 5.69 Å². The second kappa shape index (κ2) is 3.40. The van der Waals surface area contributed by atoms with Crippen LogP contribution in [0.25, 0.3) is 0 Å². The highest BCUT2D eigenvalue weighted by Gasteiger charge is 2.24. The third-order valence-corrected chi connectivity index (χ3v) is 2.55. The summed E-state index contributed by atoms with van der Waals surface area (Å²) in [5.41, 5.74) is 1.15. The third-order valence-electron chi connectivity index (χ3n) is 2.55. The molecule has 1 unspecified atom stereocenters. The Hall–Kier alpha value is -0.990. The van der Waals surface area contributed by atoms with Crippen LogP contribution in [0.1, 0.15) is 40.6 Å². The molecule has 1 aromatic heterocycles. The summed E-state index contributed by atoms with van der Waals surface area (Å²) in [4.78, 5) is 0. The van der Waals surface area contributed by atoms with Crippen molar-refractivity contribution in [1.29, 1.82) is 0 Å². The SMILES string of the molecule is CCC(C)Nc1cnn(C2CC2)c1.[HH]. The first-order chi connectivity index (χ1) is 6.29. The van der Waals surface area contributed by atoms with Crippen molar-refractivity contribution >= 4 is 5.69 Å². The standard InChI is InChI=1S/C10H17N3.H2/c1-3-8(2)12-9-6-11-13(7-9)10-4-5-10;/h6-8,10,12H,3-5H2,1-2H3;1H. The first-order valence-corrected chi connectivity index (χ1v) is 5.10. The molecule has 74 valence electrons. The van der Waals surface area contributed by atoms with Crippen LogP contribution in [0, 0.1) is 0 Å². The predicted octanol–water partition coefficient (Wildman–Crippen LogP) is 2.67. The predicted molar refractivity (Wildman–Crippen MR) is 56.0 cm³/mol. The van der Waals surface area contributed by atoms with Crippen molar-refractivity contribution in [2.45, 2.75) is 45.2 Å². The smallest absolute Gasteiger partial charge is 0.0728 e. The minimum Gasteiger partial charge on any atom is -0.380 e. The first-order valence-electron chi connectivity index (χ1n) is 5.10. The molecule has 1 atom stereocenters. The van der Waals surface area contributed by atoms with Crippen molar-refractivity contribution in [3.63, 3.8) is 0 Å².